The van der Waals surface area contributed by atoms with Crippen LogP contribution in [-0.2, 0) is 0 Å². The number of nitrogens with zero attached hydrogens (tertiary/aromatic N) is 2. The molecule has 4 heteroatoms. The summed E-state index contributed by atoms with van der Waals surface area (Å²) in [7, 11) is 0. The number of aryl methyl sites for hydroxylation is 1. The van der Waals surface area contributed by atoms with Crippen molar-refractivity contribution in [1.29, 1.82) is 0 Å². The fourth-order valence-electron chi connectivity index (χ4n) is 2.36. The van der Waals surface area contributed by atoms with Gasteiger partial charge in [0.05, 0.1) is 5.69 Å². The minimum Gasteiger partial charge on any atom is -0.394 e. The maximum atomic E-state index is 6.15. The van der Waals surface area contributed by atoms with E-state index in [1.807, 2.05) is 26.8 Å². The molecule has 1 aromatic heterocycles. The van der Waals surface area contributed by atoms with Crippen LogP contribution in [0.25, 0.3) is 6.08 Å². The van der Waals surface area contributed by atoms with Crippen molar-refractivity contribution in [2.24, 2.45) is 0 Å². The van der Waals surface area contributed by atoms with Gasteiger partial charge >= 0.3 is 0 Å². The number of nitrogens with two attached hydrogens (primary N) is 1. The first-order valence-electron chi connectivity index (χ1n) is 6.62. The molecule has 0 radical (unpaired) electrons. The van der Waals surface area contributed by atoms with Crippen molar-refractivity contribution in [2.75, 3.05) is 11.1 Å². The molecule has 1 aromatic rings. The molecule has 0 atom stereocenters. The van der Waals surface area contributed by atoms with Crippen LogP contribution in [0.2, 0.25) is 0 Å². The molecular formula is C14H22N4. The van der Waals surface area contributed by atoms with Gasteiger partial charge in [-0.3, -0.25) is 0 Å². The number of aromatic nitrogens is 2. The molecule has 1 aliphatic carbocycles. The van der Waals surface area contributed by atoms with E-state index < -0.39 is 0 Å². The molecule has 0 saturated heterocycles. The third-order valence-electron chi connectivity index (χ3n) is 3.21. The average molecular weight is 246 g/mol. The molecule has 0 aromatic carbocycles. The molecule has 4 nitrogen and oxygen atoms in total. The zero-order valence-electron chi connectivity index (χ0n) is 11.5. The second-order valence-corrected chi connectivity index (χ2v) is 5.27. The molecule has 0 unspecified atom stereocenters. The fourth-order valence-corrected chi connectivity index (χ4v) is 2.36. The van der Waals surface area contributed by atoms with Gasteiger partial charge in [-0.15, -0.1) is 0 Å². The topological polar surface area (TPSA) is 63.8 Å². The molecule has 98 valence electrons. The van der Waals surface area contributed by atoms with E-state index in [2.05, 4.69) is 15.3 Å². The van der Waals surface area contributed by atoms with Crippen LogP contribution in [0.3, 0.4) is 0 Å². The molecule has 0 aliphatic heterocycles. The fraction of sp³-hybridized carbons (Fsp3) is 0.571. The highest BCUT2D eigenvalue weighted by atomic mass is 15.1. The summed E-state index contributed by atoms with van der Waals surface area (Å²) in [6.45, 7) is 5.99. The largest absolute Gasteiger partial charge is 0.394 e. The first kappa shape index (κ1) is 12.9. The highest BCUT2D eigenvalue weighted by molar-refractivity contribution is 5.73. The zero-order valence-corrected chi connectivity index (χ0v) is 11.5. The van der Waals surface area contributed by atoms with E-state index in [1.165, 1.54) is 31.3 Å². The molecular weight excluding hydrogens is 224 g/mol. The molecule has 1 aliphatic rings. The Balaban J connectivity index is 2.28. The Hall–Kier alpha value is -1.58. The van der Waals surface area contributed by atoms with E-state index in [4.69, 9.17) is 5.73 Å². The predicted octanol–water partition coefficient (Wildman–Crippen LogP) is 3.14. The Morgan fingerprint density at radius 2 is 1.94 bits per heavy atom. The van der Waals surface area contributed by atoms with Gasteiger partial charge in [-0.1, -0.05) is 18.4 Å². The number of anilines is 2. The number of nitrogen functional groups attached to an aromatic ring is 1. The summed E-state index contributed by atoms with van der Waals surface area (Å²) < 4.78 is 0. The third kappa shape index (κ3) is 3.00. The van der Waals surface area contributed by atoms with E-state index in [-0.39, 0.29) is 0 Å². The van der Waals surface area contributed by atoms with Crippen LogP contribution in [0, 0.1) is 6.92 Å². The summed E-state index contributed by atoms with van der Waals surface area (Å²) in [5.74, 6) is 1.55. The summed E-state index contributed by atoms with van der Waals surface area (Å²) in [5.41, 5.74) is 8.82. The van der Waals surface area contributed by atoms with Crippen molar-refractivity contribution < 1.29 is 0 Å². The van der Waals surface area contributed by atoms with Crippen LogP contribution >= 0.6 is 0 Å². The highest BCUT2D eigenvalue weighted by Crippen LogP contribution is 2.26. The normalized spacial score (nSPS) is 15.7. The SMILES string of the molecule is CC(C)=Cc1nc(C)nc(NC2CCCC2)c1N. The first-order valence-corrected chi connectivity index (χ1v) is 6.62. The summed E-state index contributed by atoms with van der Waals surface area (Å²) >= 11 is 0. The molecule has 18 heavy (non-hydrogen) atoms. The van der Waals surface area contributed by atoms with Crippen molar-refractivity contribution in [1.82, 2.24) is 9.97 Å². The average Bonchev–Trinajstić information content (AvgIpc) is 2.77. The molecule has 1 heterocycles. The summed E-state index contributed by atoms with van der Waals surface area (Å²) in [5, 5.41) is 3.46. The lowest BCUT2D eigenvalue weighted by Crippen LogP contribution is -2.18. The quantitative estimate of drug-likeness (QED) is 0.860. The number of hydrogen-bond donors (Lipinski definition) is 2. The Kier molecular flexibility index (Phi) is 3.84. The van der Waals surface area contributed by atoms with Crippen LogP contribution in [0.15, 0.2) is 5.57 Å². The molecule has 0 spiro atoms. The minimum absolute atomic E-state index is 0.515. The molecule has 0 bridgehead atoms. The van der Waals surface area contributed by atoms with Gasteiger partial charge < -0.3 is 11.1 Å². The van der Waals surface area contributed by atoms with Crippen LogP contribution in [-0.4, -0.2) is 16.0 Å². The first-order chi connectivity index (χ1) is 8.56. The minimum atomic E-state index is 0.515. The van der Waals surface area contributed by atoms with Gasteiger partial charge in [-0.25, -0.2) is 9.97 Å². The lowest BCUT2D eigenvalue weighted by Gasteiger charge is -2.16. The number of hydrogen-bond acceptors (Lipinski definition) is 4. The monoisotopic (exact) mass is 246 g/mol. The number of rotatable bonds is 3. The standard InChI is InChI=1S/C14H22N4/c1-9(2)8-12-13(15)14(17-10(3)16-12)18-11-6-4-5-7-11/h8,11H,4-7,15H2,1-3H3,(H,16,17,18). The predicted molar refractivity (Wildman–Crippen MR) is 76.4 cm³/mol. The van der Waals surface area contributed by atoms with E-state index >= 15 is 0 Å². The maximum Gasteiger partial charge on any atom is 0.153 e. The van der Waals surface area contributed by atoms with Gasteiger partial charge in [-0.2, -0.15) is 0 Å². The van der Waals surface area contributed by atoms with Crippen molar-refractivity contribution in [3.8, 4) is 0 Å². The summed E-state index contributed by atoms with van der Waals surface area (Å²) in [4.78, 5) is 8.82. The van der Waals surface area contributed by atoms with Crippen LogP contribution < -0.4 is 11.1 Å². The van der Waals surface area contributed by atoms with Gasteiger partial charge in [0.1, 0.15) is 11.5 Å². The maximum absolute atomic E-state index is 6.15. The Labute approximate surface area is 109 Å². The molecule has 1 saturated carbocycles. The van der Waals surface area contributed by atoms with E-state index in [0.717, 1.165) is 17.3 Å². The lowest BCUT2D eigenvalue weighted by molar-refractivity contribution is 0.749. The van der Waals surface area contributed by atoms with Gasteiger partial charge in [-0.05, 0) is 39.7 Å². The van der Waals surface area contributed by atoms with Gasteiger partial charge in [0.2, 0.25) is 0 Å². The summed E-state index contributed by atoms with van der Waals surface area (Å²) in [6.07, 6.45) is 7.01. The summed E-state index contributed by atoms with van der Waals surface area (Å²) in [6, 6.07) is 0.515. The second kappa shape index (κ2) is 5.38. The molecule has 2 rings (SSSR count). The second-order valence-electron chi connectivity index (χ2n) is 5.27. The molecule has 1 fully saturated rings. The van der Waals surface area contributed by atoms with Crippen molar-refractivity contribution in [3.05, 3.63) is 17.1 Å². The lowest BCUT2D eigenvalue weighted by atomic mass is 10.2. The Morgan fingerprint density at radius 1 is 1.28 bits per heavy atom. The third-order valence-corrected chi connectivity index (χ3v) is 3.21. The Bertz CT molecular complexity index is 455. The zero-order chi connectivity index (χ0) is 13.1. The van der Waals surface area contributed by atoms with Gasteiger partial charge in [0, 0.05) is 6.04 Å². The van der Waals surface area contributed by atoms with Gasteiger partial charge in [0.25, 0.3) is 0 Å². The Morgan fingerprint density at radius 3 is 2.56 bits per heavy atom. The van der Waals surface area contributed by atoms with Crippen LogP contribution in [0.4, 0.5) is 11.5 Å². The number of allylic oxidation sites excluding steroid dienone is 1. The van der Waals surface area contributed by atoms with Crippen molar-refractivity contribution in [3.63, 3.8) is 0 Å². The van der Waals surface area contributed by atoms with Gasteiger partial charge in [0.15, 0.2) is 5.82 Å². The van der Waals surface area contributed by atoms with Crippen LogP contribution in [0.1, 0.15) is 51.0 Å². The highest BCUT2D eigenvalue weighted by Gasteiger charge is 2.17. The molecule has 3 N–H and O–H groups in total. The van der Waals surface area contributed by atoms with E-state index in [9.17, 15) is 0 Å². The van der Waals surface area contributed by atoms with E-state index in [1.54, 1.807) is 0 Å². The van der Waals surface area contributed by atoms with Crippen molar-refractivity contribution in [2.45, 2.75) is 52.5 Å². The van der Waals surface area contributed by atoms with E-state index in [0.29, 0.717) is 11.7 Å². The number of nitrogens with one attached hydrogen (secondary N) is 1. The smallest absolute Gasteiger partial charge is 0.153 e. The van der Waals surface area contributed by atoms with Crippen LogP contribution in [0.5, 0.6) is 0 Å². The molecule has 0 amide bonds. The van der Waals surface area contributed by atoms with Crippen molar-refractivity contribution >= 4 is 17.6 Å².